The van der Waals surface area contributed by atoms with Crippen LogP contribution in [0, 0.1) is 0 Å². The Labute approximate surface area is 161 Å². The van der Waals surface area contributed by atoms with Crippen LogP contribution in [-0.2, 0) is 23.9 Å². The minimum atomic E-state index is -1.20. The third-order valence-corrected chi connectivity index (χ3v) is 4.06. The summed E-state index contributed by atoms with van der Waals surface area (Å²) in [4.78, 5) is 59.5. The molecule has 1 heterocycles. The average Bonchev–Trinajstić information content (AvgIpc) is 2.91. The van der Waals surface area contributed by atoms with Gasteiger partial charge in [0, 0.05) is 19.4 Å². The van der Waals surface area contributed by atoms with E-state index < -0.39 is 42.4 Å². The summed E-state index contributed by atoms with van der Waals surface area (Å²) < 4.78 is 10.1. The van der Waals surface area contributed by atoms with Gasteiger partial charge in [-0.1, -0.05) is 19.1 Å². The maximum absolute atomic E-state index is 12.3. The highest BCUT2D eigenvalue weighted by atomic mass is 16.7. The minimum absolute atomic E-state index is 0.0674. The number of esters is 2. The molecule has 0 aromatic heterocycles. The fraction of sp³-hybridized carbons (Fsp3) is 0.421. The second kappa shape index (κ2) is 9.63. The number of hydrogen-bond donors (Lipinski definition) is 1. The first-order chi connectivity index (χ1) is 13.3. The number of carbonyl (C=O) groups is 5. The van der Waals surface area contributed by atoms with E-state index in [1.54, 1.807) is 31.2 Å². The van der Waals surface area contributed by atoms with Crippen molar-refractivity contribution in [2.75, 3.05) is 6.54 Å². The zero-order valence-corrected chi connectivity index (χ0v) is 15.4. The molecule has 1 N–H and O–H groups in total. The van der Waals surface area contributed by atoms with Gasteiger partial charge in [-0.3, -0.25) is 28.9 Å². The summed E-state index contributed by atoms with van der Waals surface area (Å²) >= 11 is 0. The Bertz CT molecular complexity index is 753. The van der Waals surface area contributed by atoms with Crippen molar-refractivity contribution in [3.8, 4) is 0 Å². The molecular weight excluding hydrogens is 370 g/mol. The first-order valence-electron chi connectivity index (χ1n) is 8.89. The van der Waals surface area contributed by atoms with Gasteiger partial charge in [-0.05, 0) is 18.6 Å². The summed E-state index contributed by atoms with van der Waals surface area (Å²) in [6.07, 6.45) is -1.58. The molecule has 28 heavy (non-hydrogen) atoms. The number of amides is 2. The van der Waals surface area contributed by atoms with Crippen LogP contribution < -0.4 is 0 Å². The lowest BCUT2D eigenvalue weighted by atomic mass is 10.1. The van der Waals surface area contributed by atoms with Gasteiger partial charge in [0.1, 0.15) is 0 Å². The Morgan fingerprint density at radius 1 is 1.00 bits per heavy atom. The number of aliphatic carboxylic acids is 1. The third kappa shape index (κ3) is 5.38. The number of hydrogen-bond acceptors (Lipinski definition) is 7. The number of benzene rings is 1. The molecule has 9 heteroatoms. The standard InChI is InChI=1S/C19H21NO8/c1-2-15(23)27-17(28-16(24)10-9-14(21)22)8-5-11-20-18(25)12-6-3-4-7-13(12)19(20)26/h3-4,6-7,17H,2,5,8-11H2,1H3,(H,21,22). The number of carbonyl (C=O) groups excluding carboxylic acids is 4. The number of rotatable bonds is 10. The molecule has 0 aliphatic carbocycles. The smallest absolute Gasteiger partial charge is 0.309 e. The molecule has 9 nitrogen and oxygen atoms in total. The molecule has 2 rings (SSSR count). The molecule has 1 aliphatic heterocycles. The van der Waals surface area contributed by atoms with Crippen molar-refractivity contribution < 1.29 is 38.6 Å². The van der Waals surface area contributed by atoms with Crippen LogP contribution in [-0.4, -0.2) is 52.6 Å². The average molecular weight is 391 g/mol. The zero-order chi connectivity index (χ0) is 20.7. The van der Waals surface area contributed by atoms with E-state index in [1.807, 2.05) is 0 Å². The van der Waals surface area contributed by atoms with Crippen LogP contribution >= 0.6 is 0 Å². The Hall–Kier alpha value is -3.23. The molecule has 0 bridgehead atoms. The van der Waals surface area contributed by atoms with Gasteiger partial charge in [-0.15, -0.1) is 0 Å². The van der Waals surface area contributed by atoms with Crippen LogP contribution in [0.1, 0.15) is 59.7 Å². The van der Waals surface area contributed by atoms with E-state index in [2.05, 4.69) is 0 Å². The Morgan fingerprint density at radius 3 is 2.11 bits per heavy atom. The maximum atomic E-state index is 12.3. The molecule has 150 valence electrons. The molecule has 0 saturated heterocycles. The quantitative estimate of drug-likeness (QED) is 0.363. The van der Waals surface area contributed by atoms with Crippen molar-refractivity contribution in [1.82, 2.24) is 4.90 Å². The summed E-state index contributed by atoms with van der Waals surface area (Å²) in [5, 5.41) is 8.60. The number of carboxylic acids is 1. The number of ether oxygens (including phenoxy) is 2. The predicted octanol–water partition coefficient (Wildman–Crippen LogP) is 1.75. The van der Waals surface area contributed by atoms with E-state index in [1.165, 1.54) is 0 Å². The second-order valence-corrected chi connectivity index (χ2v) is 6.11. The highest BCUT2D eigenvalue weighted by Crippen LogP contribution is 2.23. The van der Waals surface area contributed by atoms with E-state index >= 15 is 0 Å². The van der Waals surface area contributed by atoms with E-state index in [4.69, 9.17) is 14.6 Å². The SMILES string of the molecule is CCC(=O)OC(CCCN1C(=O)c2ccccc2C1=O)OC(=O)CCC(=O)O. The van der Waals surface area contributed by atoms with Crippen LogP contribution in [0.3, 0.4) is 0 Å². The van der Waals surface area contributed by atoms with Gasteiger partial charge in [0.15, 0.2) is 0 Å². The van der Waals surface area contributed by atoms with E-state index in [9.17, 15) is 24.0 Å². The normalized spacial score (nSPS) is 13.8. The molecule has 1 aromatic rings. The molecule has 0 radical (unpaired) electrons. The van der Waals surface area contributed by atoms with Crippen molar-refractivity contribution in [3.05, 3.63) is 35.4 Å². The van der Waals surface area contributed by atoms with Crippen molar-refractivity contribution in [3.63, 3.8) is 0 Å². The fourth-order valence-electron chi connectivity index (χ4n) is 2.64. The molecule has 0 saturated carbocycles. The summed E-state index contributed by atoms with van der Waals surface area (Å²) in [7, 11) is 0. The van der Waals surface area contributed by atoms with Crippen LogP contribution in [0.25, 0.3) is 0 Å². The highest BCUT2D eigenvalue weighted by molar-refractivity contribution is 6.21. The van der Waals surface area contributed by atoms with Gasteiger partial charge in [0.05, 0.1) is 24.0 Å². The topological polar surface area (TPSA) is 127 Å². The lowest BCUT2D eigenvalue weighted by Crippen LogP contribution is -2.32. The Morgan fingerprint density at radius 2 is 1.57 bits per heavy atom. The van der Waals surface area contributed by atoms with E-state index in [0.717, 1.165) is 4.90 Å². The van der Waals surface area contributed by atoms with Crippen molar-refractivity contribution >= 4 is 29.7 Å². The fourth-order valence-corrected chi connectivity index (χ4v) is 2.64. The number of carboxylic acid groups (broad SMARTS) is 1. The van der Waals surface area contributed by atoms with Gasteiger partial charge >= 0.3 is 17.9 Å². The summed E-state index contributed by atoms with van der Waals surface area (Å²) in [6.45, 7) is 1.64. The molecule has 2 amide bonds. The van der Waals surface area contributed by atoms with Crippen LogP contribution in [0.4, 0.5) is 0 Å². The lowest BCUT2D eigenvalue weighted by molar-refractivity contribution is -0.189. The third-order valence-electron chi connectivity index (χ3n) is 4.06. The molecule has 0 spiro atoms. The highest BCUT2D eigenvalue weighted by Gasteiger charge is 2.34. The first-order valence-corrected chi connectivity index (χ1v) is 8.89. The van der Waals surface area contributed by atoms with Crippen LogP contribution in [0.2, 0.25) is 0 Å². The first kappa shape index (κ1) is 21.1. The van der Waals surface area contributed by atoms with Crippen molar-refractivity contribution in [2.24, 2.45) is 0 Å². The largest absolute Gasteiger partial charge is 0.481 e. The van der Waals surface area contributed by atoms with Gasteiger partial charge < -0.3 is 14.6 Å². The number of imide groups is 1. The van der Waals surface area contributed by atoms with Gasteiger partial charge in [-0.25, -0.2) is 0 Å². The molecular formula is C19H21NO8. The Balaban J connectivity index is 1.91. The van der Waals surface area contributed by atoms with Crippen LogP contribution in [0.15, 0.2) is 24.3 Å². The number of nitrogens with zero attached hydrogens (tertiary/aromatic N) is 1. The summed E-state index contributed by atoms with van der Waals surface area (Å²) in [5.74, 6) is -3.35. The number of fused-ring (bicyclic) bond motifs is 1. The molecule has 1 aromatic carbocycles. The molecule has 0 fully saturated rings. The zero-order valence-electron chi connectivity index (χ0n) is 15.4. The lowest BCUT2D eigenvalue weighted by Gasteiger charge is -2.19. The second-order valence-electron chi connectivity index (χ2n) is 6.11. The Kier molecular flexibility index (Phi) is 7.25. The molecule has 1 atom stereocenters. The van der Waals surface area contributed by atoms with Gasteiger partial charge in [0.25, 0.3) is 11.8 Å². The van der Waals surface area contributed by atoms with Crippen molar-refractivity contribution in [1.29, 1.82) is 0 Å². The predicted molar refractivity (Wildman–Crippen MR) is 94.2 cm³/mol. The minimum Gasteiger partial charge on any atom is -0.481 e. The molecule has 1 aliphatic rings. The van der Waals surface area contributed by atoms with Crippen molar-refractivity contribution in [2.45, 2.75) is 45.3 Å². The molecule has 1 unspecified atom stereocenters. The maximum Gasteiger partial charge on any atom is 0.309 e. The monoisotopic (exact) mass is 391 g/mol. The van der Waals surface area contributed by atoms with Crippen LogP contribution in [0.5, 0.6) is 0 Å². The van der Waals surface area contributed by atoms with Gasteiger partial charge in [-0.2, -0.15) is 0 Å². The van der Waals surface area contributed by atoms with Gasteiger partial charge in [0.2, 0.25) is 6.29 Å². The van der Waals surface area contributed by atoms with E-state index in [-0.39, 0.29) is 32.2 Å². The summed E-state index contributed by atoms with van der Waals surface area (Å²) in [6, 6.07) is 6.49. The summed E-state index contributed by atoms with van der Waals surface area (Å²) in [5.41, 5.74) is 0.670. The van der Waals surface area contributed by atoms with E-state index in [0.29, 0.717) is 11.1 Å².